The van der Waals surface area contributed by atoms with E-state index in [1.165, 1.54) is 22.1 Å². The van der Waals surface area contributed by atoms with Crippen molar-refractivity contribution in [1.82, 2.24) is 14.9 Å². The summed E-state index contributed by atoms with van der Waals surface area (Å²) < 4.78 is 37.9. The molecule has 2 unspecified atom stereocenters. The van der Waals surface area contributed by atoms with Crippen LogP contribution >= 0.6 is 11.6 Å². The molecule has 2 aromatic rings. The summed E-state index contributed by atoms with van der Waals surface area (Å²) in [6.07, 6.45) is -2.95. The van der Waals surface area contributed by atoms with Crippen LogP contribution in [0.3, 0.4) is 0 Å². The van der Waals surface area contributed by atoms with Crippen molar-refractivity contribution in [2.45, 2.75) is 24.8 Å². The Hall–Kier alpha value is -3.22. The molecule has 9 nitrogen and oxygen atoms in total. The van der Waals surface area contributed by atoms with E-state index in [2.05, 4.69) is 15.3 Å². The van der Waals surface area contributed by atoms with E-state index >= 15 is 0 Å². The number of amides is 3. The number of anilines is 2. The van der Waals surface area contributed by atoms with Crippen molar-refractivity contribution in [2.24, 2.45) is 0 Å². The first-order valence-corrected chi connectivity index (χ1v) is 10.5. The number of pyridine rings is 2. The molecule has 2 atom stereocenters. The number of nitrogens with one attached hydrogen (secondary N) is 1. The first-order chi connectivity index (χ1) is 16.0. The van der Waals surface area contributed by atoms with Gasteiger partial charge in [-0.05, 0) is 30.2 Å². The van der Waals surface area contributed by atoms with Gasteiger partial charge in [0.2, 0.25) is 0 Å². The molecule has 0 aromatic carbocycles. The molecule has 0 aliphatic carbocycles. The van der Waals surface area contributed by atoms with Gasteiger partial charge in [0.05, 0.1) is 34.7 Å². The SMILES string of the molecule is O=C(Nc1ccc(C(F)(F)F)cn1)N1CC=C(c2ncc(N3CC(O)C(O)C3=O)cc2Cl)CC1. The molecule has 2 aliphatic heterocycles. The largest absolute Gasteiger partial charge is 0.417 e. The van der Waals surface area contributed by atoms with E-state index < -0.39 is 35.9 Å². The average Bonchev–Trinajstić information content (AvgIpc) is 3.06. The molecule has 0 saturated carbocycles. The number of rotatable bonds is 3. The highest BCUT2D eigenvalue weighted by molar-refractivity contribution is 6.32. The third-order valence-corrected chi connectivity index (χ3v) is 5.81. The fourth-order valence-corrected chi connectivity index (χ4v) is 3.92. The Morgan fingerprint density at radius 3 is 2.50 bits per heavy atom. The normalized spacial score (nSPS) is 21.0. The Bertz CT molecular complexity index is 1140. The summed E-state index contributed by atoms with van der Waals surface area (Å²) >= 11 is 6.37. The molecule has 4 rings (SSSR count). The van der Waals surface area contributed by atoms with Gasteiger partial charge in [0.25, 0.3) is 5.91 Å². The number of halogens is 4. The van der Waals surface area contributed by atoms with E-state index in [0.29, 0.717) is 30.5 Å². The fraction of sp³-hybridized carbons (Fsp3) is 0.333. The van der Waals surface area contributed by atoms with Crippen LogP contribution in [0.5, 0.6) is 0 Å². The highest BCUT2D eigenvalue weighted by Gasteiger charge is 2.39. The van der Waals surface area contributed by atoms with Crippen molar-refractivity contribution in [3.05, 3.63) is 52.9 Å². The standard InChI is InChI=1S/C21H19ClF3N5O4/c22-14-7-13(30-10-15(31)18(32)19(30)33)9-27-17(14)11-3-5-29(6-4-11)20(34)28-16-2-1-12(8-26-16)21(23,24)25/h1-3,7-9,15,18,31-32H,4-6,10H2,(H,26,28,34). The smallest absolute Gasteiger partial charge is 0.388 e. The Morgan fingerprint density at radius 1 is 1.21 bits per heavy atom. The van der Waals surface area contributed by atoms with Crippen LogP contribution in [0.2, 0.25) is 5.02 Å². The molecule has 13 heteroatoms. The maximum absolute atomic E-state index is 12.6. The average molecular weight is 498 g/mol. The van der Waals surface area contributed by atoms with Gasteiger partial charge in [-0.3, -0.25) is 15.1 Å². The summed E-state index contributed by atoms with van der Waals surface area (Å²) in [5.74, 6) is -0.640. The van der Waals surface area contributed by atoms with Crippen molar-refractivity contribution >= 4 is 40.6 Å². The molecular formula is C21H19ClF3N5O4. The van der Waals surface area contributed by atoms with Gasteiger partial charge in [0.1, 0.15) is 11.9 Å². The summed E-state index contributed by atoms with van der Waals surface area (Å²) in [7, 11) is 0. The van der Waals surface area contributed by atoms with E-state index in [-0.39, 0.29) is 23.9 Å². The molecule has 0 radical (unpaired) electrons. The van der Waals surface area contributed by atoms with Crippen molar-refractivity contribution < 1.29 is 33.0 Å². The second-order valence-corrected chi connectivity index (χ2v) is 8.18. The van der Waals surface area contributed by atoms with Crippen molar-refractivity contribution in [1.29, 1.82) is 0 Å². The maximum atomic E-state index is 12.6. The van der Waals surface area contributed by atoms with Crippen molar-refractivity contribution in [3.63, 3.8) is 0 Å². The third kappa shape index (κ3) is 4.83. The van der Waals surface area contributed by atoms with Gasteiger partial charge in [-0.1, -0.05) is 17.7 Å². The highest BCUT2D eigenvalue weighted by atomic mass is 35.5. The Kier molecular flexibility index (Phi) is 6.47. The van der Waals surface area contributed by atoms with Crippen molar-refractivity contribution in [2.75, 3.05) is 29.9 Å². The molecule has 180 valence electrons. The summed E-state index contributed by atoms with van der Waals surface area (Å²) in [6.45, 7) is 0.448. The van der Waals surface area contributed by atoms with Crippen LogP contribution in [0, 0.1) is 0 Å². The number of aromatic nitrogens is 2. The lowest BCUT2D eigenvalue weighted by molar-refractivity contribution is -0.137. The monoisotopic (exact) mass is 497 g/mol. The van der Waals surface area contributed by atoms with Gasteiger partial charge in [0.15, 0.2) is 6.10 Å². The minimum Gasteiger partial charge on any atom is -0.388 e. The number of hydrogen-bond acceptors (Lipinski definition) is 6. The van der Waals surface area contributed by atoms with Gasteiger partial charge in [-0.15, -0.1) is 0 Å². The maximum Gasteiger partial charge on any atom is 0.417 e. The minimum absolute atomic E-state index is 0.000210. The number of nitrogens with zero attached hydrogens (tertiary/aromatic N) is 4. The molecular weight excluding hydrogens is 479 g/mol. The van der Waals surface area contributed by atoms with E-state index in [0.717, 1.165) is 17.7 Å². The van der Waals surface area contributed by atoms with E-state index in [9.17, 15) is 33.0 Å². The first kappa shape index (κ1) is 23.9. The van der Waals surface area contributed by atoms with Gasteiger partial charge in [-0.25, -0.2) is 9.78 Å². The number of urea groups is 1. The zero-order valence-corrected chi connectivity index (χ0v) is 18.2. The number of aliphatic hydroxyl groups is 2. The first-order valence-electron chi connectivity index (χ1n) is 10.2. The van der Waals surface area contributed by atoms with Crippen LogP contribution in [0.15, 0.2) is 36.7 Å². The Morgan fingerprint density at radius 2 is 1.97 bits per heavy atom. The van der Waals surface area contributed by atoms with Gasteiger partial charge in [0, 0.05) is 19.3 Å². The number of alkyl halides is 3. The Balaban J connectivity index is 1.40. The zero-order chi connectivity index (χ0) is 24.6. The lowest BCUT2D eigenvalue weighted by atomic mass is 10.0. The van der Waals surface area contributed by atoms with Crippen LogP contribution in [-0.4, -0.2) is 68.9 Å². The molecule has 1 saturated heterocycles. The molecule has 1 fully saturated rings. The Labute approximate surface area is 196 Å². The number of carbonyl (C=O) groups is 2. The summed E-state index contributed by atoms with van der Waals surface area (Å²) in [6, 6.07) is 2.93. The second kappa shape index (κ2) is 9.20. The van der Waals surface area contributed by atoms with E-state index in [1.807, 2.05) is 0 Å². The van der Waals surface area contributed by atoms with Crippen LogP contribution in [0.1, 0.15) is 17.7 Å². The molecule has 0 bridgehead atoms. The van der Waals surface area contributed by atoms with E-state index in [1.54, 1.807) is 6.08 Å². The van der Waals surface area contributed by atoms with Gasteiger partial charge < -0.3 is 20.0 Å². The van der Waals surface area contributed by atoms with Crippen LogP contribution < -0.4 is 10.2 Å². The lowest BCUT2D eigenvalue weighted by Crippen LogP contribution is -2.38. The molecule has 3 N–H and O–H groups in total. The second-order valence-electron chi connectivity index (χ2n) is 7.77. The minimum atomic E-state index is -4.51. The van der Waals surface area contributed by atoms with Gasteiger partial charge >= 0.3 is 12.2 Å². The van der Waals surface area contributed by atoms with Crippen LogP contribution in [0.4, 0.5) is 29.5 Å². The molecule has 34 heavy (non-hydrogen) atoms. The van der Waals surface area contributed by atoms with Crippen LogP contribution in [0.25, 0.3) is 5.57 Å². The van der Waals surface area contributed by atoms with Crippen LogP contribution in [-0.2, 0) is 11.0 Å². The van der Waals surface area contributed by atoms with E-state index in [4.69, 9.17) is 11.6 Å². The molecule has 2 aliphatic rings. The molecule has 0 spiro atoms. The molecule has 4 heterocycles. The zero-order valence-electron chi connectivity index (χ0n) is 17.5. The lowest BCUT2D eigenvalue weighted by Gasteiger charge is -2.27. The summed E-state index contributed by atoms with van der Waals surface area (Å²) in [4.78, 5) is 35.1. The van der Waals surface area contributed by atoms with Gasteiger partial charge in [-0.2, -0.15) is 13.2 Å². The number of aliphatic hydroxyl groups excluding tert-OH is 2. The number of hydrogen-bond donors (Lipinski definition) is 3. The third-order valence-electron chi connectivity index (χ3n) is 5.52. The quantitative estimate of drug-likeness (QED) is 0.599. The highest BCUT2D eigenvalue weighted by Crippen LogP contribution is 2.32. The number of carbonyl (C=O) groups excluding carboxylic acids is 2. The summed E-state index contributed by atoms with van der Waals surface area (Å²) in [5.41, 5.74) is 0.687. The molecule has 2 aromatic heterocycles. The predicted octanol–water partition coefficient (Wildman–Crippen LogP) is 2.54. The van der Waals surface area contributed by atoms with Crippen molar-refractivity contribution in [3.8, 4) is 0 Å². The summed E-state index contributed by atoms with van der Waals surface area (Å²) in [5, 5.41) is 22.0. The predicted molar refractivity (Wildman–Crippen MR) is 116 cm³/mol. The molecule has 3 amide bonds. The fourth-order valence-electron chi connectivity index (χ4n) is 3.64. The number of β-amino-alcohol motifs (C(OH)–C–C–N with tert-alkyl or cyclic N) is 1. The topological polar surface area (TPSA) is 119 Å².